The number of thioether (sulfide) groups is 1. The lowest BCUT2D eigenvalue weighted by Crippen LogP contribution is -2.26. The average Bonchev–Trinajstić information content (AvgIpc) is 2.31. The van der Waals surface area contributed by atoms with E-state index >= 15 is 0 Å². The maximum Gasteiger partial charge on any atom is 0.253 e. The summed E-state index contributed by atoms with van der Waals surface area (Å²) in [4.78, 5) is 15.6. The summed E-state index contributed by atoms with van der Waals surface area (Å²) in [6.07, 6.45) is 4.36. The number of carbonyl (C=O) groups excluding carboxylic acids is 1. The zero-order valence-corrected chi connectivity index (χ0v) is 11.4. The molecule has 94 valence electrons. The minimum absolute atomic E-state index is 0.208. The van der Waals surface area contributed by atoms with Crippen molar-refractivity contribution in [2.75, 3.05) is 18.5 Å². The van der Waals surface area contributed by atoms with Crippen LogP contribution < -0.4 is 11.1 Å². The molecule has 0 bridgehead atoms. The number of rotatable bonds is 5. The predicted octanol–water partition coefficient (Wildman–Crippen LogP) is 2.19. The number of anilines is 1. The number of nitrogens with zero attached hydrogens (tertiary/aromatic N) is 1. The summed E-state index contributed by atoms with van der Waals surface area (Å²) in [6, 6.07) is 1.48. The summed E-state index contributed by atoms with van der Waals surface area (Å²) < 4.78 is 0. The molecule has 0 spiro atoms. The van der Waals surface area contributed by atoms with Gasteiger partial charge in [0.25, 0.3) is 5.91 Å². The summed E-state index contributed by atoms with van der Waals surface area (Å²) >= 11 is 7.49. The Hall–Kier alpha value is -0.940. The fourth-order valence-corrected chi connectivity index (χ4v) is 1.75. The molecule has 0 aromatic carbocycles. The highest BCUT2D eigenvalue weighted by atomic mass is 35.5. The number of pyridine rings is 1. The van der Waals surface area contributed by atoms with Gasteiger partial charge in [0, 0.05) is 11.8 Å². The van der Waals surface area contributed by atoms with Crippen LogP contribution in [0, 0.1) is 0 Å². The van der Waals surface area contributed by atoms with Crippen LogP contribution in [0.3, 0.4) is 0 Å². The number of nitrogens with one attached hydrogen (secondary N) is 1. The molecule has 0 aliphatic heterocycles. The fourth-order valence-electron chi connectivity index (χ4n) is 1.24. The minimum Gasteiger partial charge on any atom is -0.397 e. The molecule has 1 heterocycles. The molecule has 6 heteroatoms. The van der Waals surface area contributed by atoms with Gasteiger partial charge in [-0.05, 0) is 18.7 Å². The highest BCUT2D eigenvalue weighted by Crippen LogP contribution is 2.15. The summed E-state index contributed by atoms with van der Waals surface area (Å²) in [6.45, 7) is 2.74. The smallest absolute Gasteiger partial charge is 0.253 e. The number of carbonyl (C=O) groups is 1. The van der Waals surface area contributed by atoms with Crippen molar-refractivity contribution in [3.8, 4) is 0 Å². The summed E-state index contributed by atoms with van der Waals surface area (Å²) in [5, 5.41) is 3.60. The van der Waals surface area contributed by atoms with Gasteiger partial charge in [0.2, 0.25) is 0 Å². The number of aromatic nitrogens is 1. The Morgan fingerprint density at radius 3 is 3.06 bits per heavy atom. The summed E-state index contributed by atoms with van der Waals surface area (Å²) in [7, 11) is 0. The molecule has 3 N–H and O–H groups in total. The standard InChI is InChI=1S/C11H16ClN3OS/c1-7(17-2)3-4-14-11(16)8-5-10(12)15-6-9(8)13/h5-7H,3-4,13H2,1-2H3,(H,14,16). The van der Waals surface area contributed by atoms with E-state index in [1.807, 2.05) is 6.26 Å². The van der Waals surface area contributed by atoms with Gasteiger partial charge in [0.1, 0.15) is 5.15 Å². The lowest BCUT2D eigenvalue weighted by molar-refractivity contribution is 0.0954. The highest BCUT2D eigenvalue weighted by molar-refractivity contribution is 7.99. The summed E-state index contributed by atoms with van der Waals surface area (Å²) in [5.74, 6) is -0.208. The van der Waals surface area contributed by atoms with Crippen molar-refractivity contribution in [3.63, 3.8) is 0 Å². The monoisotopic (exact) mass is 273 g/mol. The first-order chi connectivity index (χ1) is 8.04. The van der Waals surface area contributed by atoms with E-state index in [9.17, 15) is 4.79 Å². The molecule has 0 radical (unpaired) electrons. The first-order valence-corrected chi connectivity index (χ1v) is 6.93. The van der Waals surface area contributed by atoms with Crippen LogP contribution in [0.2, 0.25) is 5.15 Å². The van der Waals surface area contributed by atoms with Crippen molar-refractivity contribution in [3.05, 3.63) is 23.0 Å². The number of amides is 1. The van der Waals surface area contributed by atoms with Gasteiger partial charge in [0.05, 0.1) is 17.4 Å². The lowest BCUT2D eigenvalue weighted by Gasteiger charge is -2.10. The van der Waals surface area contributed by atoms with Crippen molar-refractivity contribution >= 4 is 35.0 Å². The second kappa shape index (κ2) is 6.71. The Bertz CT molecular complexity index is 400. The molecule has 1 unspecified atom stereocenters. The van der Waals surface area contributed by atoms with Crippen molar-refractivity contribution in [2.45, 2.75) is 18.6 Å². The van der Waals surface area contributed by atoms with Crippen LogP contribution >= 0.6 is 23.4 Å². The van der Waals surface area contributed by atoms with E-state index in [0.29, 0.717) is 23.0 Å². The topological polar surface area (TPSA) is 68.0 Å². The Morgan fingerprint density at radius 2 is 2.41 bits per heavy atom. The zero-order valence-electron chi connectivity index (χ0n) is 9.87. The van der Waals surface area contributed by atoms with E-state index < -0.39 is 0 Å². The van der Waals surface area contributed by atoms with Crippen molar-refractivity contribution in [1.82, 2.24) is 10.3 Å². The minimum atomic E-state index is -0.208. The van der Waals surface area contributed by atoms with Gasteiger partial charge in [-0.15, -0.1) is 0 Å². The first-order valence-electron chi connectivity index (χ1n) is 5.26. The van der Waals surface area contributed by atoms with Gasteiger partial charge >= 0.3 is 0 Å². The van der Waals surface area contributed by atoms with Gasteiger partial charge in [-0.2, -0.15) is 11.8 Å². The van der Waals surface area contributed by atoms with Crippen LogP contribution in [-0.4, -0.2) is 28.9 Å². The maximum atomic E-state index is 11.8. The first kappa shape index (κ1) is 14.1. The van der Waals surface area contributed by atoms with Crippen LogP contribution in [0.5, 0.6) is 0 Å². The van der Waals surface area contributed by atoms with E-state index in [2.05, 4.69) is 17.2 Å². The fraction of sp³-hybridized carbons (Fsp3) is 0.455. The van der Waals surface area contributed by atoms with Crippen LogP contribution in [-0.2, 0) is 0 Å². The predicted molar refractivity (Wildman–Crippen MR) is 73.6 cm³/mol. The van der Waals surface area contributed by atoms with E-state index in [-0.39, 0.29) is 11.1 Å². The van der Waals surface area contributed by atoms with E-state index in [1.165, 1.54) is 12.3 Å². The number of hydrogen-bond donors (Lipinski definition) is 2. The van der Waals surface area contributed by atoms with Crippen LogP contribution in [0.1, 0.15) is 23.7 Å². The maximum absolute atomic E-state index is 11.8. The Kier molecular flexibility index (Phi) is 5.58. The largest absolute Gasteiger partial charge is 0.397 e. The number of hydrogen-bond acceptors (Lipinski definition) is 4. The third-order valence-corrected chi connectivity index (χ3v) is 3.63. The van der Waals surface area contributed by atoms with Crippen molar-refractivity contribution in [1.29, 1.82) is 0 Å². The molecule has 0 aliphatic rings. The zero-order chi connectivity index (χ0) is 12.8. The molecule has 0 aliphatic carbocycles. The molecule has 1 rings (SSSR count). The molecule has 0 saturated carbocycles. The van der Waals surface area contributed by atoms with E-state index in [1.54, 1.807) is 11.8 Å². The molecule has 0 fully saturated rings. The SMILES string of the molecule is CSC(C)CCNC(=O)c1cc(Cl)ncc1N. The molecule has 0 saturated heterocycles. The van der Waals surface area contributed by atoms with E-state index in [0.717, 1.165) is 6.42 Å². The van der Waals surface area contributed by atoms with Gasteiger partial charge in [0.15, 0.2) is 0 Å². The van der Waals surface area contributed by atoms with Gasteiger partial charge in [-0.1, -0.05) is 18.5 Å². The molecule has 1 aromatic rings. The normalized spacial score (nSPS) is 12.2. The third kappa shape index (κ3) is 4.44. The Balaban J connectivity index is 2.55. The molecule has 1 amide bonds. The van der Waals surface area contributed by atoms with E-state index in [4.69, 9.17) is 17.3 Å². The van der Waals surface area contributed by atoms with Gasteiger partial charge in [-0.25, -0.2) is 4.98 Å². The molecule has 1 aromatic heterocycles. The van der Waals surface area contributed by atoms with Crippen molar-refractivity contribution in [2.24, 2.45) is 0 Å². The lowest BCUT2D eigenvalue weighted by atomic mass is 10.2. The second-order valence-corrected chi connectivity index (χ2v) is 5.35. The summed E-state index contributed by atoms with van der Waals surface area (Å²) in [5.41, 5.74) is 6.38. The quantitative estimate of drug-likeness (QED) is 0.807. The average molecular weight is 274 g/mol. The molecule has 1 atom stereocenters. The number of nitrogens with two attached hydrogens (primary N) is 1. The molecular weight excluding hydrogens is 258 g/mol. The molecule has 4 nitrogen and oxygen atoms in total. The van der Waals surface area contributed by atoms with Gasteiger partial charge < -0.3 is 11.1 Å². The van der Waals surface area contributed by atoms with Crippen LogP contribution in [0.4, 0.5) is 5.69 Å². The highest BCUT2D eigenvalue weighted by Gasteiger charge is 2.10. The third-order valence-electron chi connectivity index (χ3n) is 2.38. The second-order valence-electron chi connectivity index (χ2n) is 3.69. The van der Waals surface area contributed by atoms with Gasteiger partial charge in [-0.3, -0.25) is 4.79 Å². The molecule has 17 heavy (non-hydrogen) atoms. The Labute approximate surface area is 110 Å². The van der Waals surface area contributed by atoms with Crippen LogP contribution in [0.15, 0.2) is 12.3 Å². The van der Waals surface area contributed by atoms with Crippen molar-refractivity contribution < 1.29 is 4.79 Å². The molecular formula is C11H16ClN3OS. The van der Waals surface area contributed by atoms with Crippen LogP contribution in [0.25, 0.3) is 0 Å². The Morgan fingerprint density at radius 1 is 1.71 bits per heavy atom. The number of nitrogen functional groups attached to an aromatic ring is 1. The number of halogens is 1.